The highest BCUT2D eigenvalue weighted by molar-refractivity contribution is 5.84. The fourth-order valence-electron chi connectivity index (χ4n) is 6.98. The molecule has 0 N–H and O–H groups in total. The lowest BCUT2D eigenvalue weighted by molar-refractivity contribution is 0.176. The van der Waals surface area contributed by atoms with E-state index in [-0.39, 0.29) is 10.8 Å². The fraction of sp³-hybridized carbons (Fsp3) is 0.500. The predicted molar refractivity (Wildman–Crippen MR) is 155 cm³/mol. The molecule has 6 rings (SSSR count). The van der Waals surface area contributed by atoms with Crippen LogP contribution in [0.5, 0.6) is 5.88 Å². The first-order chi connectivity index (χ1) is 19.3. The average Bonchev–Trinajstić information content (AvgIpc) is 3.33. The average molecular weight is 542 g/mol. The van der Waals surface area contributed by atoms with Gasteiger partial charge in [0.2, 0.25) is 11.3 Å². The minimum Gasteiger partial charge on any atom is -0.478 e. The molecular weight excluding hydrogens is 502 g/mol. The van der Waals surface area contributed by atoms with Gasteiger partial charge in [0.15, 0.2) is 0 Å². The number of fused-ring (bicyclic) bond motifs is 1. The Morgan fingerprint density at radius 3 is 2.67 bits per heavy atom. The van der Waals surface area contributed by atoms with Crippen molar-refractivity contribution >= 4 is 11.0 Å². The maximum atomic E-state index is 14.0. The summed E-state index contributed by atoms with van der Waals surface area (Å²) in [7, 11) is 1.98. The first kappa shape index (κ1) is 26.7. The highest BCUT2D eigenvalue weighted by Gasteiger charge is 2.48. The third-order valence-electron chi connectivity index (χ3n) is 8.72. The molecule has 0 unspecified atom stereocenters. The molecule has 0 bridgehead atoms. The summed E-state index contributed by atoms with van der Waals surface area (Å²) in [4.78, 5) is 21.3. The zero-order valence-corrected chi connectivity index (χ0v) is 24.2. The molecule has 1 saturated carbocycles. The van der Waals surface area contributed by atoms with E-state index in [9.17, 15) is 4.79 Å². The van der Waals surface area contributed by atoms with Crippen LogP contribution in [0.2, 0.25) is 0 Å². The van der Waals surface area contributed by atoms with Crippen molar-refractivity contribution < 1.29 is 9.15 Å². The van der Waals surface area contributed by atoms with Gasteiger partial charge in [0.1, 0.15) is 24.0 Å². The van der Waals surface area contributed by atoms with Crippen molar-refractivity contribution in [3.05, 3.63) is 69.6 Å². The number of benzene rings is 1. The predicted octanol–water partition coefficient (Wildman–Crippen LogP) is 5.64. The van der Waals surface area contributed by atoms with Crippen molar-refractivity contribution in [1.29, 1.82) is 0 Å². The van der Waals surface area contributed by atoms with Gasteiger partial charge in [0.25, 0.3) is 0 Å². The van der Waals surface area contributed by atoms with Gasteiger partial charge in [-0.3, -0.25) is 9.69 Å². The first-order valence-electron chi connectivity index (χ1n) is 14.5. The van der Waals surface area contributed by atoms with Crippen LogP contribution >= 0.6 is 0 Å². The summed E-state index contributed by atoms with van der Waals surface area (Å²) in [5.74, 6) is 2.68. The molecular formula is C32H39N5O3. The number of piperidine rings is 1. The van der Waals surface area contributed by atoms with Crippen molar-refractivity contribution in [2.75, 3.05) is 19.7 Å². The van der Waals surface area contributed by atoms with Crippen LogP contribution in [0.4, 0.5) is 0 Å². The maximum absolute atomic E-state index is 14.0. The van der Waals surface area contributed by atoms with Crippen LogP contribution in [0, 0.1) is 18.8 Å². The molecule has 1 aromatic carbocycles. The van der Waals surface area contributed by atoms with Crippen LogP contribution < -0.4 is 10.2 Å². The van der Waals surface area contributed by atoms with Crippen LogP contribution in [0.25, 0.3) is 22.2 Å². The Morgan fingerprint density at radius 2 is 1.98 bits per heavy atom. The lowest BCUT2D eigenvalue weighted by Crippen LogP contribution is -2.43. The molecule has 0 radical (unpaired) electrons. The van der Waals surface area contributed by atoms with Gasteiger partial charge < -0.3 is 13.7 Å². The van der Waals surface area contributed by atoms with Gasteiger partial charge >= 0.3 is 0 Å². The monoisotopic (exact) mass is 541 g/mol. The van der Waals surface area contributed by atoms with Crippen LogP contribution in [0.3, 0.4) is 0 Å². The topological polar surface area (TPSA) is 86.3 Å². The smallest absolute Gasteiger partial charge is 0.214 e. The van der Waals surface area contributed by atoms with Gasteiger partial charge in [-0.05, 0) is 86.7 Å². The normalized spacial score (nSPS) is 23.3. The van der Waals surface area contributed by atoms with Crippen molar-refractivity contribution in [2.45, 2.75) is 65.3 Å². The summed E-state index contributed by atoms with van der Waals surface area (Å²) in [5.41, 5.74) is 4.42. The minimum atomic E-state index is -0.305. The molecule has 3 aromatic heterocycles. The zero-order chi connectivity index (χ0) is 28.0. The van der Waals surface area contributed by atoms with E-state index < -0.39 is 0 Å². The van der Waals surface area contributed by atoms with E-state index in [1.54, 1.807) is 12.6 Å². The van der Waals surface area contributed by atoms with Gasteiger partial charge in [-0.1, -0.05) is 19.9 Å². The zero-order valence-electron chi connectivity index (χ0n) is 24.2. The van der Waals surface area contributed by atoms with Gasteiger partial charge in [0, 0.05) is 26.2 Å². The Balaban J connectivity index is 1.45. The largest absolute Gasteiger partial charge is 0.478 e. The second-order valence-electron chi connectivity index (χ2n) is 12.1. The van der Waals surface area contributed by atoms with E-state index in [1.165, 1.54) is 12.8 Å². The Morgan fingerprint density at radius 1 is 1.15 bits per heavy atom. The van der Waals surface area contributed by atoms with Crippen LogP contribution in [-0.4, -0.2) is 44.3 Å². The molecule has 0 spiro atoms. The second-order valence-corrected chi connectivity index (χ2v) is 12.1. The molecule has 40 heavy (non-hydrogen) atoms. The minimum absolute atomic E-state index is 0.0694. The number of ether oxygens (including phenoxy) is 1. The molecule has 8 nitrogen and oxygen atoms in total. The lowest BCUT2D eigenvalue weighted by atomic mass is 9.58. The van der Waals surface area contributed by atoms with E-state index in [4.69, 9.17) is 14.1 Å². The highest BCUT2D eigenvalue weighted by Crippen LogP contribution is 2.52. The van der Waals surface area contributed by atoms with Gasteiger partial charge in [-0.2, -0.15) is 0 Å². The quantitative estimate of drug-likeness (QED) is 0.299. The van der Waals surface area contributed by atoms with E-state index in [0.29, 0.717) is 46.5 Å². The number of rotatable bonds is 7. The molecule has 2 aliphatic rings. The van der Waals surface area contributed by atoms with E-state index in [2.05, 4.69) is 35.0 Å². The van der Waals surface area contributed by atoms with E-state index in [1.807, 2.05) is 43.7 Å². The summed E-state index contributed by atoms with van der Waals surface area (Å²) in [6.07, 6.45) is 7.70. The number of aryl methyl sites for hydroxylation is 2. The Kier molecular flexibility index (Phi) is 6.98. The van der Waals surface area contributed by atoms with Crippen LogP contribution in [0.15, 0.2) is 46.1 Å². The lowest BCUT2D eigenvalue weighted by Gasteiger charge is -2.46. The Hall–Kier alpha value is -3.52. The van der Waals surface area contributed by atoms with Crippen molar-refractivity contribution in [3.63, 3.8) is 0 Å². The summed E-state index contributed by atoms with van der Waals surface area (Å²) in [6, 6.07) is 8.18. The maximum Gasteiger partial charge on any atom is 0.214 e. The summed E-state index contributed by atoms with van der Waals surface area (Å²) in [5, 5.41) is 9.26. The number of likely N-dealkylation sites (tertiary alicyclic amines) is 1. The van der Waals surface area contributed by atoms with Crippen LogP contribution in [0.1, 0.15) is 69.0 Å². The number of hydrogen-bond donors (Lipinski definition) is 0. The molecule has 4 aromatic rings. The summed E-state index contributed by atoms with van der Waals surface area (Å²) in [6.45, 7) is 12.0. The van der Waals surface area contributed by atoms with Crippen molar-refractivity contribution in [3.8, 4) is 17.1 Å². The number of nitrogens with zero attached hydrogens (tertiary/aromatic N) is 5. The summed E-state index contributed by atoms with van der Waals surface area (Å²) >= 11 is 0. The third-order valence-corrected chi connectivity index (χ3v) is 8.72. The van der Waals surface area contributed by atoms with Gasteiger partial charge in [-0.25, -0.2) is 4.98 Å². The van der Waals surface area contributed by atoms with Gasteiger partial charge in [0.05, 0.1) is 28.7 Å². The Bertz CT molecular complexity index is 1600. The van der Waals surface area contributed by atoms with Crippen molar-refractivity contribution in [1.82, 2.24) is 24.6 Å². The number of aromatic nitrogens is 4. The molecule has 8 heteroatoms. The summed E-state index contributed by atoms with van der Waals surface area (Å²) < 4.78 is 14.0. The second kappa shape index (κ2) is 10.5. The SMILES string of the molecule is CCOc1cc(C2(c3nncn3C)CC(C)C2)cc(-c2coc3c(C)cc(CN4CCC[C@H](C)C4)cc3c2=O)n1. The number of pyridine rings is 1. The molecule has 210 valence electrons. The first-order valence-corrected chi connectivity index (χ1v) is 14.5. The van der Waals surface area contributed by atoms with E-state index >= 15 is 0 Å². The Labute approximate surface area is 235 Å². The molecule has 1 atom stereocenters. The number of hydrogen-bond acceptors (Lipinski definition) is 7. The van der Waals surface area contributed by atoms with Crippen molar-refractivity contribution in [2.24, 2.45) is 18.9 Å². The molecule has 2 fully saturated rings. The highest BCUT2D eigenvalue weighted by atomic mass is 16.5. The fourth-order valence-corrected chi connectivity index (χ4v) is 6.98. The molecule has 0 amide bonds. The molecule has 1 aliphatic carbocycles. The van der Waals surface area contributed by atoms with Gasteiger partial charge in [-0.15, -0.1) is 10.2 Å². The molecule has 1 aliphatic heterocycles. The standard InChI is InChI=1S/C32H39N5O3/c1-6-39-28-13-24(32(14-21(3)15-32)31-35-33-19-36(31)5)12-27(34-28)26-18-40-30-22(4)10-23(11-25(30)29(26)38)17-37-9-7-8-20(2)16-37/h10-13,18-21H,6-9,14-17H2,1-5H3/t20-,21?,32?/m0/s1. The van der Waals surface area contributed by atoms with E-state index in [0.717, 1.165) is 55.0 Å². The molecule has 4 heterocycles. The molecule has 1 saturated heterocycles. The third kappa shape index (κ3) is 4.72. The van der Waals surface area contributed by atoms with Crippen LogP contribution in [-0.2, 0) is 19.0 Å².